The molecule has 0 aromatic carbocycles. The zero-order valence-electron chi connectivity index (χ0n) is 44.2. The van der Waals surface area contributed by atoms with E-state index in [1.54, 1.807) is 27.7 Å². The molecule has 6 fully saturated rings. The molecule has 0 aromatic rings. The van der Waals surface area contributed by atoms with Gasteiger partial charge in [0.05, 0.1) is 42.5 Å². The number of rotatable bonds is 13. The highest BCUT2D eigenvalue weighted by Gasteiger charge is 2.58. The first-order valence-corrected chi connectivity index (χ1v) is 27.2. The van der Waals surface area contributed by atoms with E-state index >= 15 is 0 Å². The fourth-order valence-corrected chi connectivity index (χ4v) is 10.3. The molecule has 0 aromatic heterocycles. The first-order valence-electron chi connectivity index (χ1n) is 27.2. The molecule has 0 aliphatic carbocycles. The van der Waals surface area contributed by atoms with Crippen LogP contribution in [-0.2, 0) is 66.4 Å². The number of fused-ring (bicyclic) bond motifs is 3. The van der Waals surface area contributed by atoms with Crippen LogP contribution in [0.5, 0.6) is 0 Å². The van der Waals surface area contributed by atoms with E-state index in [1.807, 2.05) is 0 Å². The lowest BCUT2D eigenvalue weighted by atomic mass is 9.95. The minimum absolute atomic E-state index is 0.0194. The third kappa shape index (κ3) is 15.1. The van der Waals surface area contributed by atoms with Crippen LogP contribution in [0.4, 0.5) is 0 Å². The summed E-state index contributed by atoms with van der Waals surface area (Å²) >= 11 is 0. The summed E-state index contributed by atoms with van der Waals surface area (Å²) in [6, 6.07) is 0. The van der Waals surface area contributed by atoms with Crippen LogP contribution >= 0.6 is 0 Å². The first kappa shape index (κ1) is 61.4. The summed E-state index contributed by atoms with van der Waals surface area (Å²) in [6.45, 7) is 13.0. The fourth-order valence-electron chi connectivity index (χ4n) is 10.3. The topological polar surface area (TPSA) is 327 Å². The summed E-state index contributed by atoms with van der Waals surface area (Å²) in [6.07, 6.45) is -27.4. The lowest BCUT2D eigenvalue weighted by molar-refractivity contribution is -0.399. The molecule has 430 valence electrons. The molecular formula is C51H88O23. The second-order valence-corrected chi connectivity index (χ2v) is 21.3. The quantitative estimate of drug-likeness (QED) is 0.0912. The molecule has 0 unspecified atom stereocenters. The van der Waals surface area contributed by atoms with Gasteiger partial charge in [0, 0.05) is 6.42 Å². The lowest BCUT2D eigenvalue weighted by Gasteiger charge is -2.51. The fraction of sp³-hybridized carbons (Fsp3) is 0.961. The van der Waals surface area contributed by atoms with Crippen molar-refractivity contribution in [1.29, 1.82) is 0 Å². The van der Waals surface area contributed by atoms with Gasteiger partial charge in [0.1, 0.15) is 79.4 Å². The second-order valence-electron chi connectivity index (χ2n) is 21.3. The number of esters is 2. The highest BCUT2D eigenvalue weighted by atomic mass is 16.8. The maximum atomic E-state index is 13.9. The number of unbranched alkanes of at least 4 members (excludes halogenated alkanes) is 2. The van der Waals surface area contributed by atoms with Gasteiger partial charge in [-0.3, -0.25) is 9.59 Å². The predicted octanol–water partition coefficient (Wildman–Crippen LogP) is 0.859. The Morgan fingerprint density at radius 2 is 1.03 bits per heavy atom. The smallest absolute Gasteiger partial charge is 0.309 e. The molecular weight excluding hydrogens is 981 g/mol. The number of hydrogen-bond acceptors (Lipinski definition) is 23. The van der Waals surface area contributed by atoms with E-state index in [0.29, 0.717) is 12.8 Å². The first-order chi connectivity index (χ1) is 35.2. The van der Waals surface area contributed by atoms with Crippen LogP contribution in [0.15, 0.2) is 0 Å². The molecule has 6 aliphatic heterocycles. The monoisotopic (exact) mass is 1070 g/mol. The van der Waals surface area contributed by atoms with Crippen molar-refractivity contribution in [3.63, 3.8) is 0 Å². The van der Waals surface area contributed by atoms with Crippen LogP contribution < -0.4 is 0 Å². The van der Waals surface area contributed by atoms with E-state index in [1.165, 1.54) is 20.8 Å². The Kier molecular flexibility index (Phi) is 23.5. The molecule has 23 nitrogen and oxygen atoms in total. The molecule has 9 N–H and O–H groups in total. The Morgan fingerprint density at radius 3 is 1.64 bits per heavy atom. The average molecular weight is 1070 g/mol. The standard InChI is InChI=1S/C51H88O23/c1-9-11-17-20-29-21-18-15-13-12-14-16-19-22-30(52)69-42-39(61)49(73-43-36(58)33(55)26(6)65-50(43)68-29)66-27(7)40(42)72-51-45(70-46(62)23(3)10-2)44(74-48-38(60)35(57)32(54)25(5)64-48)41(28(8)67-51)71-47-37(59)34(56)31(53)24(4)63-47/h23-29,31-45,47-51,53-61H,9-22H2,1-8H3/t23-,24-,25-,26+,27-,28-,29-,31-,32-,33-,34+,35+,36-,37+,38+,39+,40-,41-,42-,43+,44+,45+,47-,48-,49-,50-,51-/m0/s1. The number of carbonyl (C=O) groups is 2. The van der Waals surface area contributed by atoms with Crippen LogP contribution in [0.25, 0.3) is 0 Å². The Bertz CT molecular complexity index is 1700. The van der Waals surface area contributed by atoms with Gasteiger partial charge >= 0.3 is 11.9 Å². The average Bonchev–Trinajstić information content (AvgIpc) is 3.36. The number of aliphatic hydroxyl groups excluding tert-OH is 9. The Balaban J connectivity index is 1.36. The number of aliphatic hydroxyl groups is 9. The van der Waals surface area contributed by atoms with Crippen molar-refractivity contribution in [2.75, 3.05) is 0 Å². The van der Waals surface area contributed by atoms with E-state index in [0.717, 1.165) is 70.6 Å². The molecule has 6 rings (SSSR count). The van der Waals surface area contributed by atoms with Crippen LogP contribution in [0.3, 0.4) is 0 Å². The summed E-state index contributed by atoms with van der Waals surface area (Å²) in [5.74, 6) is -2.19. The third-order valence-electron chi connectivity index (χ3n) is 15.4. The predicted molar refractivity (Wildman–Crippen MR) is 255 cm³/mol. The Hall–Kier alpha value is -1.82. The van der Waals surface area contributed by atoms with Crippen molar-refractivity contribution in [3.8, 4) is 0 Å². The molecule has 74 heavy (non-hydrogen) atoms. The van der Waals surface area contributed by atoms with Crippen molar-refractivity contribution < 1.29 is 112 Å². The van der Waals surface area contributed by atoms with Gasteiger partial charge in [0.25, 0.3) is 0 Å². The van der Waals surface area contributed by atoms with Crippen LogP contribution in [0.2, 0.25) is 0 Å². The number of ether oxygens (including phenoxy) is 12. The van der Waals surface area contributed by atoms with Gasteiger partial charge < -0.3 is 103 Å². The molecule has 0 saturated carbocycles. The van der Waals surface area contributed by atoms with Gasteiger partial charge in [-0.2, -0.15) is 0 Å². The SMILES string of the molecule is CCCCC[C@H]1CCCCCCCCCC(=O)O[C@H]2[C@@H](O)[C@H](O[C@H]3[C@H](O1)O[C@H](C)[C@H](O)[C@@H]3O)O[C@@H](C)[C@@H]2O[C@@H]1O[C@@H](C)[C@H](O[C@@H]2O[C@@H](C)[C@H](O)[C@@H](O)[C@H]2O)[C@@H](O[C@@H]2O[C@@H](C)[C@H](O)[C@@H](O)[C@H]2O)[C@H]1OC(=O)[C@@H](C)CC. The maximum absolute atomic E-state index is 13.9. The summed E-state index contributed by atoms with van der Waals surface area (Å²) in [4.78, 5) is 27.8. The largest absolute Gasteiger partial charge is 0.456 e. The van der Waals surface area contributed by atoms with Crippen molar-refractivity contribution in [1.82, 2.24) is 0 Å². The minimum Gasteiger partial charge on any atom is -0.456 e. The zero-order chi connectivity index (χ0) is 54.1. The van der Waals surface area contributed by atoms with Gasteiger partial charge in [0.2, 0.25) is 0 Å². The molecule has 0 spiro atoms. The Labute approximate surface area is 434 Å². The summed E-state index contributed by atoms with van der Waals surface area (Å²) in [5, 5.41) is 100.0. The molecule has 6 saturated heterocycles. The third-order valence-corrected chi connectivity index (χ3v) is 15.4. The molecule has 0 radical (unpaired) electrons. The highest BCUT2D eigenvalue weighted by molar-refractivity contribution is 5.72. The molecule has 0 amide bonds. The Morgan fingerprint density at radius 1 is 0.514 bits per heavy atom. The van der Waals surface area contributed by atoms with Crippen molar-refractivity contribution in [3.05, 3.63) is 0 Å². The number of carbonyl (C=O) groups excluding carboxylic acids is 2. The van der Waals surface area contributed by atoms with E-state index < -0.39 is 171 Å². The van der Waals surface area contributed by atoms with E-state index in [-0.39, 0.29) is 12.5 Å². The summed E-state index contributed by atoms with van der Waals surface area (Å²) < 4.78 is 75.2. The van der Waals surface area contributed by atoms with Crippen molar-refractivity contribution in [2.45, 2.75) is 305 Å². The highest BCUT2D eigenvalue weighted by Crippen LogP contribution is 2.39. The van der Waals surface area contributed by atoms with E-state index in [2.05, 4.69) is 6.92 Å². The van der Waals surface area contributed by atoms with Crippen LogP contribution in [0, 0.1) is 5.92 Å². The molecule has 2 bridgehead atoms. The van der Waals surface area contributed by atoms with Crippen molar-refractivity contribution in [2.24, 2.45) is 5.92 Å². The lowest BCUT2D eigenvalue weighted by Crippen LogP contribution is -2.68. The molecule has 6 heterocycles. The van der Waals surface area contributed by atoms with E-state index in [4.69, 9.17) is 56.8 Å². The maximum Gasteiger partial charge on any atom is 0.309 e. The van der Waals surface area contributed by atoms with Gasteiger partial charge in [-0.25, -0.2) is 0 Å². The van der Waals surface area contributed by atoms with Gasteiger partial charge in [0.15, 0.2) is 43.7 Å². The van der Waals surface area contributed by atoms with Gasteiger partial charge in [-0.1, -0.05) is 78.6 Å². The molecule has 23 heteroatoms. The normalized spacial score (nSPS) is 47.0. The van der Waals surface area contributed by atoms with Gasteiger partial charge in [-0.15, -0.1) is 0 Å². The van der Waals surface area contributed by atoms with Crippen molar-refractivity contribution >= 4 is 11.9 Å². The van der Waals surface area contributed by atoms with E-state index in [9.17, 15) is 55.5 Å². The van der Waals surface area contributed by atoms with Crippen LogP contribution in [-0.4, -0.2) is 218 Å². The summed E-state index contributed by atoms with van der Waals surface area (Å²) in [7, 11) is 0. The number of hydrogen-bond donors (Lipinski definition) is 9. The molecule has 6 aliphatic rings. The second kappa shape index (κ2) is 28.4. The van der Waals surface area contributed by atoms with Gasteiger partial charge in [-0.05, 0) is 60.3 Å². The molecule has 27 atom stereocenters. The zero-order valence-corrected chi connectivity index (χ0v) is 44.2. The van der Waals surface area contributed by atoms with Crippen LogP contribution in [0.1, 0.15) is 145 Å². The minimum atomic E-state index is -1.89. The summed E-state index contributed by atoms with van der Waals surface area (Å²) in [5.41, 5.74) is 0.